The van der Waals surface area contributed by atoms with Crippen LogP contribution >= 0.6 is 11.3 Å². The topological polar surface area (TPSA) is 12.9 Å². The lowest BCUT2D eigenvalue weighted by Gasteiger charge is -2.15. The fraction of sp³-hybridized carbons (Fsp3) is 0.0238. The maximum Gasteiger partial charge on any atom is 0.0702 e. The third-order valence-corrected chi connectivity index (χ3v) is 9.67. The van der Waals surface area contributed by atoms with Gasteiger partial charge in [0.05, 0.1) is 5.69 Å². The molecule has 44 heavy (non-hydrogen) atoms. The molecule has 0 spiro atoms. The molecule has 6 aromatic carbocycles. The normalized spacial score (nSPS) is 12.4. The molecule has 8 rings (SSSR count). The van der Waals surface area contributed by atoms with Gasteiger partial charge in [0.15, 0.2) is 0 Å². The van der Waals surface area contributed by atoms with E-state index in [1.807, 2.05) is 36.6 Å². The molecule has 2 heteroatoms. The van der Waals surface area contributed by atoms with Crippen LogP contribution in [0.2, 0.25) is 0 Å². The fourth-order valence-electron chi connectivity index (χ4n) is 6.42. The Morgan fingerprint density at radius 1 is 0.545 bits per heavy atom. The van der Waals surface area contributed by atoms with Gasteiger partial charge in [0.25, 0.3) is 0 Å². The summed E-state index contributed by atoms with van der Waals surface area (Å²) in [4.78, 5) is 5.03. The van der Waals surface area contributed by atoms with Crippen molar-refractivity contribution in [3.05, 3.63) is 157 Å². The van der Waals surface area contributed by atoms with Gasteiger partial charge >= 0.3 is 0 Å². The molecule has 0 N–H and O–H groups in total. The zero-order valence-corrected chi connectivity index (χ0v) is 25.2. The van der Waals surface area contributed by atoms with Crippen molar-refractivity contribution in [2.75, 3.05) is 0 Å². The van der Waals surface area contributed by atoms with Crippen molar-refractivity contribution in [2.45, 2.75) is 6.92 Å². The lowest BCUT2D eigenvalue weighted by Crippen LogP contribution is -1.91. The monoisotopic (exact) mass is 579 g/mol. The van der Waals surface area contributed by atoms with Crippen molar-refractivity contribution in [3.8, 4) is 22.4 Å². The van der Waals surface area contributed by atoms with Gasteiger partial charge in [-0.3, -0.25) is 4.98 Å². The summed E-state index contributed by atoms with van der Waals surface area (Å²) in [6, 6.07) is 41.8. The fourth-order valence-corrected chi connectivity index (χ4v) is 7.70. The van der Waals surface area contributed by atoms with E-state index in [4.69, 9.17) is 4.98 Å². The van der Waals surface area contributed by atoms with Crippen LogP contribution in [-0.2, 0) is 0 Å². The zero-order chi connectivity index (χ0) is 29.5. The lowest BCUT2D eigenvalue weighted by atomic mass is 9.88. The van der Waals surface area contributed by atoms with E-state index in [2.05, 4.69) is 140 Å². The molecule has 0 radical (unpaired) electrons. The van der Waals surface area contributed by atoms with Crippen molar-refractivity contribution in [1.82, 2.24) is 4.98 Å². The molecule has 0 unspecified atom stereocenters. The molecule has 2 heterocycles. The number of benzene rings is 6. The molecular weight excluding hydrogens is 551 g/mol. The van der Waals surface area contributed by atoms with Crippen LogP contribution in [0.5, 0.6) is 0 Å². The summed E-state index contributed by atoms with van der Waals surface area (Å²) in [6.07, 6.45) is 14.6. The predicted molar refractivity (Wildman–Crippen MR) is 194 cm³/mol. The minimum atomic E-state index is 0.985. The highest BCUT2D eigenvalue weighted by molar-refractivity contribution is 7.26. The largest absolute Gasteiger partial charge is 0.256 e. The molecule has 0 atom stereocenters. The summed E-state index contributed by atoms with van der Waals surface area (Å²) in [5.74, 6) is 0. The molecule has 0 aliphatic rings. The molecule has 2 aromatic heterocycles. The van der Waals surface area contributed by atoms with Gasteiger partial charge in [0, 0.05) is 37.5 Å². The van der Waals surface area contributed by atoms with Gasteiger partial charge in [-0.1, -0.05) is 140 Å². The van der Waals surface area contributed by atoms with Crippen LogP contribution in [0.4, 0.5) is 0 Å². The summed E-state index contributed by atoms with van der Waals surface area (Å²) >= 11 is 1.87. The van der Waals surface area contributed by atoms with Crippen molar-refractivity contribution in [1.29, 1.82) is 0 Å². The average molecular weight is 580 g/mol. The number of allylic oxidation sites excluding steroid dienone is 5. The molecule has 0 fully saturated rings. The molecule has 1 nitrogen and oxygen atoms in total. The maximum absolute atomic E-state index is 5.03. The predicted octanol–water partition coefficient (Wildman–Crippen LogP) is 12.4. The molecule has 0 aliphatic carbocycles. The van der Waals surface area contributed by atoms with Crippen LogP contribution in [0.15, 0.2) is 152 Å². The molecule has 8 aromatic rings. The molecule has 208 valence electrons. The Bertz CT molecular complexity index is 2380. The van der Waals surface area contributed by atoms with E-state index >= 15 is 0 Å². The van der Waals surface area contributed by atoms with Crippen LogP contribution in [0, 0.1) is 0 Å². The first-order chi connectivity index (χ1) is 21.8. The Kier molecular flexibility index (Phi) is 6.63. The van der Waals surface area contributed by atoms with Crippen molar-refractivity contribution < 1.29 is 0 Å². The third-order valence-electron chi connectivity index (χ3n) is 8.47. The smallest absolute Gasteiger partial charge is 0.0702 e. The number of hydrogen-bond acceptors (Lipinski definition) is 2. The summed E-state index contributed by atoms with van der Waals surface area (Å²) in [5, 5.41) is 10.2. The minimum Gasteiger partial charge on any atom is -0.256 e. The Labute approximate surface area is 260 Å². The Balaban J connectivity index is 1.23. The van der Waals surface area contributed by atoms with E-state index in [1.54, 1.807) is 0 Å². The first kappa shape index (κ1) is 26.3. The van der Waals surface area contributed by atoms with E-state index in [9.17, 15) is 0 Å². The van der Waals surface area contributed by atoms with Crippen LogP contribution in [0.25, 0.3) is 80.9 Å². The number of nitrogens with zero attached hydrogens (tertiary/aromatic N) is 1. The number of fused-ring (bicyclic) bond motifs is 7. The number of thiophene rings is 1. The SMILES string of the molecule is C\C=C/C=C\C=C\c1c2ccccc2c(-c2ccc(-c3ccc4c(c3)sc3c5ccccc5ccc43)nc2)c2ccccc12. The Hall–Kier alpha value is -5.31. The van der Waals surface area contributed by atoms with Crippen LogP contribution < -0.4 is 0 Å². The maximum atomic E-state index is 5.03. The molecule has 0 saturated heterocycles. The second-order valence-electron chi connectivity index (χ2n) is 11.1. The number of hydrogen-bond donors (Lipinski definition) is 0. The number of rotatable bonds is 5. The minimum absolute atomic E-state index is 0.985. The van der Waals surface area contributed by atoms with Gasteiger partial charge in [-0.2, -0.15) is 0 Å². The van der Waals surface area contributed by atoms with Crippen LogP contribution in [0.3, 0.4) is 0 Å². The molecule has 0 saturated carbocycles. The van der Waals surface area contributed by atoms with Gasteiger partial charge in [-0.25, -0.2) is 0 Å². The highest BCUT2D eigenvalue weighted by atomic mass is 32.1. The average Bonchev–Trinajstić information content (AvgIpc) is 3.46. The number of pyridine rings is 1. The molecular formula is C42H29NS. The second-order valence-corrected chi connectivity index (χ2v) is 12.1. The number of aromatic nitrogens is 1. The first-order valence-corrected chi connectivity index (χ1v) is 15.8. The highest BCUT2D eigenvalue weighted by Gasteiger charge is 2.15. The molecule has 0 amide bonds. The van der Waals surface area contributed by atoms with Gasteiger partial charge in [-0.05, 0) is 62.5 Å². The standard InChI is InChI=1S/C42H29NS/c1-2-3-4-5-6-15-32-33-16-9-11-18-36(33)41(37-19-12-10-17-34(32)37)30-22-25-39(43-27-30)29-21-23-35-38-24-20-28-13-7-8-14-31(28)42(38)44-40(35)26-29/h2-27H,1H3/b3-2-,5-4-,15-6+. The summed E-state index contributed by atoms with van der Waals surface area (Å²) in [7, 11) is 0. The van der Waals surface area contributed by atoms with Gasteiger partial charge in [0.1, 0.15) is 0 Å². The van der Waals surface area contributed by atoms with Gasteiger partial charge < -0.3 is 0 Å². The van der Waals surface area contributed by atoms with Crippen LogP contribution in [0.1, 0.15) is 12.5 Å². The zero-order valence-electron chi connectivity index (χ0n) is 24.4. The van der Waals surface area contributed by atoms with E-state index in [0.717, 1.165) is 16.8 Å². The quantitative estimate of drug-likeness (QED) is 0.146. The summed E-state index contributed by atoms with van der Waals surface area (Å²) < 4.78 is 2.64. The van der Waals surface area contributed by atoms with Gasteiger partial charge in [-0.15, -0.1) is 11.3 Å². The second kappa shape index (κ2) is 11.1. The van der Waals surface area contributed by atoms with Crippen LogP contribution in [-0.4, -0.2) is 4.98 Å². The van der Waals surface area contributed by atoms with E-state index in [1.165, 1.54) is 63.6 Å². The lowest BCUT2D eigenvalue weighted by molar-refractivity contribution is 1.33. The summed E-state index contributed by atoms with van der Waals surface area (Å²) in [6.45, 7) is 2.03. The van der Waals surface area contributed by atoms with E-state index in [0.29, 0.717) is 0 Å². The van der Waals surface area contributed by atoms with Crippen molar-refractivity contribution in [2.24, 2.45) is 0 Å². The molecule has 0 bridgehead atoms. The summed E-state index contributed by atoms with van der Waals surface area (Å²) in [5.41, 5.74) is 5.71. The third kappa shape index (κ3) is 4.43. The van der Waals surface area contributed by atoms with E-state index < -0.39 is 0 Å². The highest BCUT2D eigenvalue weighted by Crippen LogP contribution is 2.42. The van der Waals surface area contributed by atoms with Gasteiger partial charge in [0.2, 0.25) is 0 Å². The van der Waals surface area contributed by atoms with Crippen molar-refractivity contribution in [3.63, 3.8) is 0 Å². The Morgan fingerprint density at radius 2 is 1.20 bits per heavy atom. The van der Waals surface area contributed by atoms with E-state index in [-0.39, 0.29) is 0 Å². The first-order valence-electron chi connectivity index (χ1n) is 15.0. The van der Waals surface area contributed by atoms with Crippen molar-refractivity contribution >= 4 is 69.9 Å². The Morgan fingerprint density at radius 3 is 1.93 bits per heavy atom. The molecule has 0 aliphatic heterocycles.